The third-order valence-electron chi connectivity index (χ3n) is 4.92. The lowest BCUT2D eigenvalue weighted by Gasteiger charge is -2.29. The van der Waals surface area contributed by atoms with Crippen LogP contribution in [0.3, 0.4) is 0 Å². The van der Waals surface area contributed by atoms with Gasteiger partial charge in [0.1, 0.15) is 11.5 Å². The lowest BCUT2D eigenvalue weighted by atomic mass is 9.77. The molecule has 1 aromatic rings. The molecule has 1 aromatic carbocycles. The van der Waals surface area contributed by atoms with Gasteiger partial charge in [-0.25, -0.2) is 0 Å². The Morgan fingerprint density at radius 1 is 1.25 bits per heavy atom. The summed E-state index contributed by atoms with van der Waals surface area (Å²) in [5.74, 6) is 2.87. The first-order valence-corrected chi connectivity index (χ1v) is 7.98. The van der Waals surface area contributed by atoms with Crippen LogP contribution in [0.5, 0.6) is 5.75 Å². The summed E-state index contributed by atoms with van der Waals surface area (Å²) in [4.78, 5) is 12.6. The van der Waals surface area contributed by atoms with Crippen LogP contribution in [0.1, 0.15) is 56.9 Å². The zero-order chi connectivity index (χ0) is 13.9. The fourth-order valence-corrected chi connectivity index (χ4v) is 3.76. The van der Waals surface area contributed by atoms with Crippen molar-refractivity contribution in [1.82, 2.24) is 0 Å². The Morgan fingerprint density at radius 3 is 2.95 bits per heavy atom. The van der Waals surface area contributed by atoms with Crippen LogP contribution >= 0.6 is 0 Å². The van der Waals surface area contributed by atoms with Gasteiger partial charge in [0.15, 0.2) is 0 Å². The number of rotatable bonds is 3. The number of ether oxygens (including phenoxy) is 1. The summed E-state index contributed by atoms with van der Waals surface area (Å²) in [5.41, 5.74) is 1.23. The summed E-state index contributed by atoms with van der Waals surface area (Å²) < 4.78 is 5.69. The van der Waals surface area contributed by atoms with E-state index >= 15 is 0 Å². The van der Waals surface area contributed by atoms with Crippen LogP contribution in [0.2, 0.25) is 0 Å². The Kier molecular flexibility index (Phi) is 4.09. The Labute approximate surface area is 121 Å². The highest BCUT2D eigenvalue weighted by Gasteiger charge is 2.29. The largest absolute Gasteiger partial charge is 0.493 e. The summed E-state index contributed by atoms with van der Waals surface area (Å²) in [6, 6.07) is 8.20. The van der Waals surface area contributed by atoms with Gasteiger partial charge in [-0.2, -0.15) is 0 Å². The minimum Gasteiger partial charge on any atom is -0.493 e. The molecule has 0 radical (unpaired) electrons. The highest BCUT2D eigenvalue weighted by molar-refractivity contribution is 5.82. The van der Waals surface area contributed by atoms with Gasteiger partial charge in [0.05, 0.1) is 6.61 Å². The molecule has 1 fully saturated rings. The van der Waals surface area contributed by atoms with Crippen molar-refractivity contribution >= 4 is 5.78 Å². The van der Waals surface area contributed by atoms with Gasteiger partial charge in [0, 0.05) is 12.3 Å². The average Bonchev–Trinajstić information content (AvgIpc) is 2.47. The van der Waals surface area contributed by atoms with Gasteiger partial charge in [0.25, 0.3) is 0 Å². The fourth-order valence-electron chi connectivity index (χ4n) is 3.76. The molecule has 108 valence electrons. The maximum Gasteiger partial charge on any atom is 0.136 e. The SMILES string of the molecule is CC1CCCC(C(=O)CC2CCOc3ccccc32)C1. The number of carbonyl (C=O) groups is 1. The van der Waals surface area contributed by atoms with Crippen LogP contribution in [0.4, 0.5) is 0 Å². The second-order valence-electron chi connectivity index (χ2n) is 6.51. The number of fused-ring (bicyclic) bond motifs is 1. The Morgan fingerprint density at radius 2 is 2.10 bits per heavy atom. The van der Waals surface area contributed by atoms with Crippen molar-refractivity contribution in [3.8, 4) is 5.75 Å². The first-order valence-electron chi connectivity index (χ1n) is 7.98. The maximum absolute atomic E-state index is 12.6. The van der Waals surface area contributed by atoms with Crippen molar-refractivity contribution in [1.29, 1.82) is 0 Å². The predicted octanol–water partition coefficient (Wildman–Crippen LogP) is 4.34. The van der Waals surface area contributed by atoms with Crippen molar-refractivity contribution in [3.05, 3.63) is 29.8 Å². The third kappa shape index (κ3) is 2.89. The van der Waals surface area contributed by atoms with Crippen LogP contribution in [0, 0.1) is 11.8 Å². The second-order valence-corrected chi connectivity index (χ2v) is 6.51. The van der Waals surface area contributed by atoms with Crippen molar-refractivity contribution in [2.24, 2.45) is 11.8 Å². The molecule has 0 spiro atoms. The molecule has 2 aliphatic rings. The highest BCUT2D eigenvalue weighted by Crippen LogP contribution is 2.38. The van der Waals surface area contributed by atoms with Crippen LogP contribution < -0.4 is 4.74 Å². The van der Waals surface area contributed by atoms with E-state index in [2.05, 4.69) is 13.0 Å². The van der Waals surface area contributed by atoms with Crippen molar-refractivity contribution < 1.29 is 9.53 Å². The molecule has 0 aromatic heterocycles. The quantitative estimate of drug-likeness (QED) is 0.818. The van der Waals surface area contributed by atoms with E-state index in [1.165, 1.54) is 18.4 Å². The van der Waals surface area contributed by atoms with Crippen molar-refractivity contribution in [2.75, 3.05) is 6.61 Å². The summed E-state index contributed by atoms with van der Waals surface area (Å²) in [7, 11) is 0. The zero-order valence-corrected chi connectivity index (χ0v) is 12.3. The Hall–Kier alpha value is -1.31. The molecule has 1 saturated carbocycles. The number of hydrogen-bond donors (Lipinski definition) is 0. The van der Waals surface area contributed by atoms with E-state index in [9.17, 15) is 4.79 Å². The minimum atomic E-state index is 0.314. The van der Waals surface area contributed by atoms with Gasteiger partial charge < -0.3 is 4.74 Å². The number of para-hydroxylation sites is 1. The summed E-state index contributed by atoms with van der Waals surface area (Å²) in [5, 5.41) is 0. The average molecular weight is 272 g/mol. The second kappa shape index (κ2) is 5.99. The molecule has 3 unspecified atom stereocenters. The van der Waals surface area contributed by atoms with Gasteiger partial charge in [0.2, 0.25) is 0 Å². The van der Waals surface area contributed by atoms with Gasteiger partial charge in [-0.15, -0.1) is 0 Å². The molecule has 0 amide bonds. The van der Waals surface area contributed by atoms with Gasteiger partial charge in [-0.05, 0) is 42.7 Å². The molecule has 1 heterocycles. The van der Waals surface area contributed by atoms with Crippen molar-refractivity contribution in [3.63, 3.8) is 0 Å². The third-order valence-corrected chi connectivity index (χ3v) is 4.92. The molecule has 20 heavy (non-hydrogen) atoms. The summed E-state index contributed by atoms with van der Waals surface area (Å²) in [6.07, 6.45) is 6.41. The van der Waals surface area contributed by atoms with E-state index in [0.29, 0.717) is 24.0 Å². The van der Waals surface area contributed by atoms with Crippen LogP contribution in [0.25, 0.3) is 0 Å². The molecule has 3 rings (SSSR count). The summed E-state index contributed by atoms with van der Waals surface area (Å²) in [6.45, 7) is 3.03. The van der Waals surface area contributed by atoms with E-state index in [1.54, 1.807) is 0 Å². The van der Waals surface area contributed by atoms with Gasteiger partial charge >= 0.3 is 0 Å². The molecular weight excluding hydrogens is 248 g/mol. The molecular formula is C18H24O2. The topological polar surface area (TPSA) is 26.3 Å². The monoisotopic (exact) mass is 272 g/mol. The molecule has 3 atom stereocenters. The summed E-state index contributed by atoms with van der Waals surface area (Å²) >= 11 is 0. The number of Topliss-reactive ketones (excluding diaryl/α,β-unsaturated/α-hetero) is 1. The fraction of sp³-hybridized carbons (Fsp3) is 0.611. The molecule has 0 N–H and O–H groups in total. The lowest BCUT2D eigenvalue weighted by Crippen LogP contribution is -2.25. The van der Waals surface area contributed by atoms with E-state index in [-0.39, 0.29) is 0 Å². The highest BCUT2D eigenvalue weighted by atomic mass is 16.5. The number of hydrogen-bond acceptors (Lipinski definition) is 2. The Balaban J connectivity index is 1.68. The van der Waals surface area contributed by atoms with Crippen LogP contribution in [0.15, 0.2) is 24.3 Å². The number of carbonyl (C=O) groups excluding carboxylic acids is 1. The first kappa shape index (κ1) is 13.7. The molecule has 1 aliphatic heterocycles. The van der Waals surface area contributed by atoms with E-state index in [4.69, 9.17) is 4.74 Å². The molecule has 2 heteroatoms. The van der Waals surface area contributed by atoms with Crippen LogP contribution in [-0.2, 0) is 4.79 Å². The lowest BCUT2D eigenvalue weighted by molar-refractivity contribution is -0.124. The normalized spacial score (nSPS) is 29.4. The molecule has 1 aliphatic carbocycles. The number of ketones is 1. The Bertz CT molecular complexity index is 480. The van der Waals surface area contributed by atoms with E-state index in [0.717, 1.165) is 37.5 Å². The van der Waals surface area contributed by atoms with Crippen LogP contribution in [-0.4, -0.2) is 12.4 Å². The van der Waals surface area contributed by atoms with Crippen molar-refractivity contribution in [2.45, 2.75) is 51.4 Å². The molecule has 0 bridgehead atoms. The first-order chi connectivity index (χ1) is 9.74. The smallest absolute Gasteiger partial charge is 0.136 e. The molecule has 0 saturated heterocycles. The van der Waals surface area contributed by atoms with Gasteiger partial charge in [-0.1, -0.05) is 38.0 Å². The standard InChI is InChI=1S/C18H24O2/c1-13-5-4-6-15(11-13)17(19)12-14-9-10-20-18-8-3-2-7-16(14)18/h2-3,7-8,13-15H,4-6,9-12H2,1H3. The zero-order valence-electron chi connectivity index (χ0n) is 12.3. The van der Waals surface area contributed by atoms with Gasteiger partial charge in [-0.3, -0.25) is 4.79 Å². The predicted molar refractivity (Wildman–Crippen MR) is 80.0 cm³/mol. The van der Waals surface area contributed by atoms with E-state index < -0.39 is 0 Å². The minimum absolute atomic E-state index is 0.314. The van der Waals surface area contributed by atoms with E-state index in [1.807, 2.05) is 18.2 Å². The molecule has 2 nitrogen and oxygen atoms in total. The maximum atomic E-state index is 12.6. The number of benzene rings is 1.